The molecule has 23 heavy (non-hydrogen) atoms. The summed E-state index contributed by atoms with van der Waals surface area (Å²) in [5, 5.41) is 0. The Labute approximate surface area is 132 Å². The molecule has 0 amide bonds. The average molecular weight is 322 g/mol. The largest absolute Gasteiger partial charge is 0.488 e. The summed E-state index contributed by atoms with van der Waals surface area (Å²) in [6.45, 7) is 3.08. The van der Waals surface area contributed by atoms with Gasteiger partial charge in [-0.3, -0.25) is 4.79 Å². The lowest BCUT2D eigenvalue weighted by atomic mass is 9.98. The van der Waals surface area contributed by atoms with E-state index in [1.165, 1.54) is 13.0 Å². The molecule has 2 rings (SSSR count). The van der Waals surface area contributed by atoms with E-state index in [-0.39, 0.29) is 23.7 Å². The summed E-state index contributed by atoms with van der Waals surface area (Å²) < 4.78 is 45.2. The molecule has 0 unspecified atom stereocenters. The molecule has 0 aliphatic carbocycles. The van der Waals surface area contributed by atoms with Crippen LogP contribution in [0.4, 0.5) is 13.2 Å². The van der Waals surface area contributed by atoms with Crippen LogP contribution in [-0.2, 0) is 19.2 Å². The molecule has 0 fully saturated rings. The standard InChI is InChI=1S/C18H17F3O2/c1-3-14-9-17(23-11-13-7-5-4-6-8-13)16(18(19,20)21)10-15(14)12(2)22/h4-10H,3,11H2,1-2H3. The van der Waals surface area contributed by atoms with Crippen LogP contribution in [0.15, 0.2) is 42.5 Å². The third kappa shape index (κ3) is 4.12. The van der Waals surface area contributed by atoms with Crippen LogP contribution in [0.1, 0.15) is 40.9 Å². The summed E-state index contributed by atoms with van der Waals surface area (Å²) in [7, 11) is 0. The Morgan fingerprint density at radius 2 is 1.78 bits per heavy atom. The zero-order chi connectivity index (χ0) is 17.0. The lowest BCUT2D eigenvalue weighted by Crippen LogP contribution is -2.12. The number of halogens is 3. The number of rotatable bonds is 5. The maximum Gasteiger partial charge on any atom is 0.419 e. The molecule has 0 radical (unpaired) electrons. The monoisotopic (exact) mass is 322 g/mol. The van der Waals surface area contributed by atoms with E-state index in [9.17, 15) is 18.0 Å². The van der Waals surface area contributed by atoms with Crippen LogP contribution in [0.5, 0.6) is 5.75 Å². The van der Waals surface area contributed by atoms with Gasteiger partial charge < -0.3 is 4.74 Å². The summed E-state index contributed by atoms with van der Waals surface area (Å²) in [6, 6.07) is 11.2. The van der Waals surface area contributed by atoms with Crippen LogP contribution < -0.4 is 4.74 Å². The van der Waals surface area contributed by atoms with Crippen molar-refractivity contribution in [1.29, 1.82) is 0 Å². The number of hydrogen-bond acceptors (Lipinski definition) is 2. The smallest absolute Gasteiger partial charge is 0.419 e. The van der Waals surface area contributed by atoms with E-state index in [1.807, 2.05) is 6.07 Å². The number of aryl methyl sites for hydroxylation is 1. The SMILES string of the molecule is CCc1cc(OCc2ccccc2)c(C(F)(F)F)cc1C(C)=O. The van der Waals surface area contributed by atoms with Crippen LogP contribution in [0.2, 0.25) is 0 Å². The first-order valence-electron chi connectivity index (χ1n) is 7.24. The van der Waals surface area contributed by atoms with Crippen molar-refractivity contribution in [3.05, 3.63) is 64.7 Å². The Morgan fingerprint density at radius 3 is 2.30 bits per heavy atom. The molecule has 0 saturated carbocycles. The van der Waals surface area contributed by atoms with Crippen molar-refractivity contribution in [2.24, 2.45) is 0 Å². The lowest BCUT2D eigenvalue weighted by molar-refractivity contribution is -0.139. The van der Waals surface area contributed by atoms with E-state index < -0.39 is 11.7 Å². The zero-order valence-electron chi connectivity index (χ0n) is 12.9. The lowest BCUT2D eigenvalue weighted by Gasteiger charge is -2.17. The van der Waals surface area contributed by atoms with Gasteiger partial charge in [-0.25, -0.2) is 0 Å². The second-order valence-corrected chi connectivity index (χ2v) is 5.19. The molecule has 0 bridgehead atoms. The van der Waals surface area contributed by atoms with Crippen molar-refractivity contribution in [3.63, 3.8) is 0 Å². The van der Waals surface area contributed by atoms with Gasteiger partial charge >= 0.3 is 6.18 Å². The van der Waals surface area contributed by atoms with Gasteiger partial charge in [0, 0.05) is 5.56 Å². The number of benzene rings is 2. The molecule has 0 spiro atoms. The van der Waals surface area contributed by atoms with Crippen LogP contribution >= 0.6 is 0 Å². The van der Waals surface area contributed by atoms with Gasteiger partial charge in [-0.2, -0.15) is 13.2 Å². The number of ketones is 1. The molecular weight excluding hydrogens is 305 g/mol. The molecule has 0 aromatic heterocycles. The minimum Gasteiger partial charge on any atom is -0.488 e. The first-order valence-corrected chi connectivity index (χ1v) is 7.24. The summed E-state index contributed by atoms with van der Waals surface area (Å²) in [5.74, 6) is -0.634. The highest BCUT2D eigenvalue weighted by molar-refractivity contribution is 5.96. The van der Waals surface area contributed by atoms with Gasteiger partial charge in [-0.15, -0.1) is 0 Å². The van der Waals surface area contributed by atoms with E-state index in [0.29, 0.717) is 12.0 Å². The molecule has 0 atom stereocenters. The normalized spacial score (nSPS) is 11.3. The highest BCUT2D eigenvalue weighted by Crippen LogP contribution is 2.38. The molecule has 0 aliphatic rings. The molecule has 2 nitrogen and oxygen atoms in total. The molecule has 2 aromatic rings. The summed E-state index contributed by atoms with van der Waals surface area (Å²) in [4.78, 5) is 11.6. The second kappa shape index (κ2) is 6.86. The molecule has 2 aromatic carbocycles. The van der Waals surface area contributed by atoms with E-state index in [0.717, 1.165) is 11.6 Å². The molecule has 0 heterocycles. The highest BCUT2D eigenvalue weighted by Gasteiger charge is 2.35. The number of ether oxygens (including phenoxy) is 1. The van der Waals surface area contributed by atoms with Crippen LogP contribution in [-0.4, -0.2) is 5.78 Å². The van der Waals surface area contributed by atoms with Gasteiger partial charge in [-0.05, 0) is 36.6 Å². The maximum absolute atomic E-state index is 13.3. The molecular formula is C18H17F3O2. The van der Waals surface area contributed by atoms with Gasteiger partial charge in [0.05, 0.1) is 5.56 Å². The number of carbonyl (C=O) groups is 1. The Balaban J connectivity index is 2.42. The van der Waals surface area contributed by atoms with E-state index >= 15 is 0 Å². The average Bonchev–Trinajstić information content (AvgIpc) is 2.51. The van der Waals surface area contributed by atoms with E-state index in [4.69, 9.17) is 4.74 Å². The fraction of sp³-hybridized carbons (Fsp3) is 0.278. The first kappa shape index (κ1) is 17.1. The fourth-order valence-corrected chi connectivity index (χ4v) is 2.32. The molecule has 0 aliphatic heterocycles. The van der Waals surface area contributed by atoms with Gasteiger partial charge in [-0.1, -0.05) is 37.3 Å². The Morgan fingerprint density at radius 1 is 1.13 bits per heavy atom. The third-order valence-electron chi connectivity index (χ3n) is 3.51. The Bertz CT molecular complexity index is 691. The maximum atomic E-state index is 13.3. The highest BCUT2D eigenvalue weighted by atomic mass is 19.4. The minimum atomic E-state index is -4.58. The molecule has 0 saturated heterocycles. The summed E-state index contributed by atoms with van der Waals surface area (Å²) in [6.07, 6.45) is -4.13. The van der Waals surface area contributed by atoms with Crippen molar-refractivity contribution >= 4 is 5.78 Å². The van der Waals surface area contributed by atoms with Crippen LogP contribution in [0.3, 0.4) is 0 Å². The Kier molecular flexibility index (Phi) is 5.08. The number of Topliss-reactive ketones (excluding diaryl/α,β-unsaturated/α-hetero) is 1. The third-order valence-corrected chi connectivity index (χ3v) is 3.51. The van der Waals surface area contributed by atoms with Crippen LogP contribution in [0, 0.1) is 0 Å². The zero-order valence-corrected chi connectivity index (χ0v) is 12.9. The predicted molar refractivity (Wildman–Crippen MR) is 81.6 cm³/mol. The molecule has 122 valence electrons. The van der Waals surface area contributed by atoms with Gasteiger partial charge in [0.25, 0.3) is 0 Å². The number of alkyl halides is 3. The number of hydrogen-bond donors (Lipinski definition) is 0. The fourth-order valence-electron chi connectivity index (χ4n) is 2.32. The second-order valence-electron chi connectivity index (χ2n) is 5.19. The quantitative estimate of drug-likeness (QED) is 0.720. The first-order chi connectivity index (χ1) is 10.8. The van der Waals surface area contributed by atoms with Gasteiger partial charge in [0.1, 0.15) is 12.4 Å². The van der Waals surface area contributed by atoms with E-state index in [1.54, 1.807) is 31.2 Å². The predicted octanol–water partition coefficient (Wildman–Crippen LogP) is 5.05. The van der Waals surface area contributed by atoms with E-state index in [2.05, 4.69) is 0 Å². The van der Waals surface area contributed by atoms with Gasteiger partial charge in [0.15, 0.2) is 5.78 Å². The number of carbonyl (C=O) groups excluding carboxylic acids is 1. The summed E-state index contributed by atoms with van der Waals surface area (Å²) in [5.41, 5.74) is 0.491. The van der Waals surface area contributed by atoms with Crippen molar-refractivity contribution in [2.75, 3.05) is 0 Å². The minimum absolute atomic E-state index is 0.0342. The van der Waals surface area contributed by atoms with Crippen molar-refractivity contribution < 1.29 is 22.7 Å². The topological polar surface area (TPSA) is 26.3 Å². The van der Waals surface area contributed by atoms with Crippen molar-refractivity contribution in [2.45, 2.75) is 33.1 Å². The molecule has 5 heteroatoms. The van der Waals surface area contributed by atoms with Crippen LogP contribution in [0.25, 0.3) is 0 Å². The summed E-state index contributed by atoms with van der Waals surface area (Å²) >= 11 is 0. The van der Waals surface area contributed by atoms with Gasteiger partial charge in [0.2, 0.25) is 0 Å². The molecule has 0 N–H and O–H groups in total. The Hall–Kier alpha value is -2.30. The van der Waals surface area contributed by atoms with Crippen molar-refractivity contribution in [3.8, 4) is 5.75 Å². The van der Waals surface area contributed by atoms with Crippen molar-refractivity contribution in [1.82, 2.24) is 0 Å².